The lowest BCUT2D eigenvalue weighted by atomic mass is 10.0. The van der Waals surface area contributed by atoms with Crippen LogP contribution in [0.25, 0.3) is 0 Å². The fraction of sp³-hybridized carbons (Fsp3) is 0.364. The number of rotatable bonds is 4. The number of hydrogen-bond acceptors (Lipinski definition) is 4. The number of esters is 1. The highest BCUT2D eigenvalue weighted by molar-refractivity contribution is 5.70. The van der Waals surface area contributed by atoms with Crippen LogP contribution in [0.2, 0.25) is 0 Å². The number of benzene rings is 1. The van der Waals surface area contributed by atoms with E-state index in [-0.39, 0.29) is 18.4 Å². The second-order valence-electron chi connectivity index (χ2n) is 3.16. The minimum Gasteiger partial charge on any atom is -0.497 e. The van der Waals surface area contributed by atoms with Gasteiger partial charge in [0.05, 0.1) is 20.6 Å². The van der Waals surface area contributed by atoms with E-state index in [2.05, 4.69) is 4.74 Å². The first-order valence-corrected chi connectivity index (χ1v) is 4.63. The quantitative estimate of drug-likeness (QED) is 0.758. The average Bonchev–Trinajstić information content (AvgIpc) is 2.28. The van der Waals surface area contributed by atoms with Crippen LogP contribution in [0.4, 0.5) is 0 Å². The second kappa shape index (κ2) is 5.36. The van der Waals surface area contributed by atoms with Gasteiger partial charge in [0.15, 0.2) is 0 Å². The van der Waals surface area contributed by atoms with E-state index in [1.54, 1.807) is 7.11 Å². The van der Waals surface area contributed by atoms with Crippen LogP contribution >= 0.6 is 0 Å². The molecule has 0 saturated heterocycles. The van der Waals surface area contributed by atoms with E-state index in [1.807, 2.05) is 24.3 Å². The maximum absolute atomic E-state index is 11.0. The molecule has 0 aliphatic carbocycles. The fourth-order valence-electron chi connectivity index (χ4n) is 1.25. The molecule has 0 aliphatic heterocycles. The molecule has 15 heavy (non-hydrogen) atoms. The molecule has 4 nitrogen and oxygen atoms in total. The molecule has 1 aromatic rings. The maximum atomic E-state index is 11.0. The lowest BCUT2D eigenvalue weighted by Gasteiger charge is -2.11. The summed E-state index contributed by atoms with van der Waals surface area (Å²) in [5, 5.41) is 0. The van der Waals surface area contributed by atoms with Gasteiger partial charge in [0.25, 0.3) is 0 Å². The molecule has 82 valence electrons. The molecule has 0 saturated carbocycles. The van der Waals surface area contributed by atoms with Crippen molar-refractivity contribution in [2.24, 2.45) is 5.73 Å². The van der Waals surface area contributed by atoms with Crippen LogP contribution < -0.4 is 10.5 Å². The highest BCUT2D eigenvalue weighted by atomic mass is 16.5. The molecule has 0 heterocycles. The SMILES string of the molecule is COC(=O)C[C@@H](N)c1cccc(OC)c1. The molecule has 0 spiro atoms. The summed E-state index contributed by atoms with van der Waals surface area (Å²) in [5.41, 5.74) is 6.70. The van der Waals surface area contributed by atoms with E-state index >= 15 is 0 Å². The number of hydrogen-bond donors (Lipinski definition) is 1. The van der Waals surface area contributed by atoms with Crippen molar-refractivity contribution in [1.29, 1.82) is 0 Å². The van der Waals surface area contributed by atoms with Crippen molar-refractivity contribution in [2.45, 2.75) is 12.5 Å². The van der Waals surface area contributed by atoms with Crippen molar-refractivity contribution in [2.75, 3.05) is 14.2 Å². The van der Waals surface area contributed by atoms with Crippen LogP contribution in [0.15, 0.2) is 24.3 Å². The van der Waals surface area contributed by atoms with Gasteiger partial charge in [0.1, 0.15) is 5.75 Å². The minimum absolute atomic E-state index is 0.170. The molecule has 0 aromatic heterocycles. The third-order valence-corrected chi connectivity index (χ3v) is 2.14. The molecule has 1 atom stereocenters. The first kappa shape index (κ1) is 11.5. The second-order valence-corrected chi connectivity index (χ2v) is 3.16. The molecule has 2 N–H and O–H groups in total. The summed E-state index contributed by atoms with van der Waals surface area (Å²) in [6.45, 7) is 0. The van der Waals surface area contributed by atoms with Gasteiger partial charge in [-0.2, -0.15) is 0 Å². The molecule has 0 unspecified atom stereocenters. The Balaban J connectivity index is 2.72. The zero-order valence-electron chi connectivity index (χ0n) is 8.90. The Hall–Kier alpha value is -1.55. The third kappa shape index (κ3) is 3.25. The number of nitrogens with two attached hydrogens (primary N) is 1. The summed E-state index contributed by atoms with van der Waals surface area (Å²) >= 11 is 0. The zero-order valence-corrected chi connectivity index (χ0v) is 8.90. The summed E-state index contributed by atoms with van der Waals surface area (Å²) in [6, 6.07) is 6.98. The summed E-state index contributed by atoms with van der Waals surface area (Å²) < 4.78 is 9.61. The van der Waals surface area contributed by atoms with Crippen LogP contribution in [0.5, 0.6) is 5.75 Å². The van der Waals surface area contributed by atoms with Gasteiger partial charge < -0.3 is 15.2 Å². The Morgan fingerprint density at radius 3 is 2.80 bits per heavy atom. The van der Waals surface area contributed by atoms with E-state index in [9.17, 15) is 4.79 Å². The Morgan fingerprint density at radius 2 is 2.20 bits per heavy atom. The van der Waals surface area contributed by atoms with Crippen molar-refractivity contribution in [3.8, 4) is 5.75 Å². The molecule has 0 fully saturated rings. The van der Waals surface area contributed by atoms with Gasteiger partial charge in [0, 0.05) is 6.04 Å². The summed E-state index contributed by atoms with van der Waals surface area (Å²) in [4.78, 5) is 11.0. The van der Waals surface area contributed by atoms with Gasteiger partial charge in [-0.25, -0.2) is 0 Å². The van der Waals surface area contributed by atoms with Gasteiger partial charge in [-0.05, 0) is 17.7 Å². The van der Waals surface area contributed by atoms with Crippen molar-refractivity contribution in [3.63, 3.8) is 0 Å². The lowest BCUT2D eigenvalue weighted by Crippen LogP contribution is -2.16. The van der Waals surface area contributed by atoms with E-state index in [0.717, 1.165) is 11.3 Å². The van der Waals surface area contributed by atoms with Crippen LogP contribution in [-0.2, 0) is 9.53 Å². The topological polar surface area (TPSA) is 61.5 Å². The van der Waals surface area contributed by atoms with Crippen LogP contribution in [0.3, 0.4) is 0 Å². The highest BCUT2D eigenvalue weighted by Gasteiger charge is 2.12. The number of ether oxygens (including phenoxy) is 2. The van der Waals surface area contributed by atoms with Crippen molar-refractivity contribution >= 4 is 5.97 Å². The van der Waals surface area contributed by atoms with Gasteiger partial charge in [-0.1, -0.05) is 12.1 Å². The van der Waals surface area contributed by atoms with Gasteiger partial charge in [-0.15, -0.1) is 0 Å². The Labute approximate surface area is 89.0 Å². The summed E-state index contributed by atoms with van der Waals surface area (Å²) in [5.74, 6) is 0.415. The molecule has 1 rings (SSSR count). The Morgan fingerprint density at radius 1 is 1.47 bits per heavy atom. The molecule has 1 aromatic carbocycles. The predicted octanol–water partition coefficient (Wildman–Crippen LogP) is 1.26. The average molecular weight is 209 g/mol. The standard InChI is InChI=1S/C11H15NO3/c1-14-9-5-3-4-8(6-9)10(12)7-11(13)15-2/h3-6,10H,7,12H2,1-2H3/t10-/m1/s1. The Bertz CT molecular complexity index is 338. The third-order valence-electron chi connectivity index (χ3n) is 2.14. The van der Waals surface area contributed by atoms with E-state index in [0.29, 0.717) is 0 Å². The van der Waals surface area contributed by atoms with Crippen LogP contribution in [0, 0.1) is 0 Å². The monoisotopic (exact) mass is 209 g/mol. The highest BCUT2D eigenvalue weighted by Crippen LogP contribution is 2.19. The smallest absolute Gasteiger partial charge is 0.307 e. The minimum atomic E-state index is -0.354. The number of carbonyl (C=O) groups excluding carboxylic acids is 1. The molecule has 0 bridgehead atoms. The van der Waals surface area contributed by atoms with Crippen LogP contribution in [0.1, 0.15) is 18.0 Å². The largest absolute Gasteiger partial charge is 0.497 e. The van der Waals surface area contributed by atoms with Crippen molar-refractivity contribution < 1.29 is 14.3 Å². The molecule has 0 radical (unpaired) electrons. The van der Waals surface area contributed by atoms with Gasteiger partial charge in [-0.3, -0.25) is 4.79 Å². The van der Waals surface area contributed by atoms with Crippen molar-refractivity contribution in [1.82, 2.24) is 0 Å². The van der Waals surface area contributed by atoms with E-state index < -0.39 is 0 Å². The molecular formula is C11H15NO3. The number of methoxy groups -OCH3 is 2. The molecular weight excluding hydrogens is 194 g/mol. The first-order chi connectivity index (χ1) is 7.17. The lowest BCUT2D eigenvalue weighted by molar-refractivity contribution is -0.141. The summed E-state index contributed by atoms with van der Waals surface area (Å²) in [7, 11) is 2.94. The Kier molecular flexibility index (Phi) is 4.12. The predicted molar refractivity (Wildman–Crippen MR) is 56.6 cm³/mol. The van der Waals surface area contributed by atoms with Gasteiger partial charge in [0.2, 0.25) is 0 Å². The zero-order chi connectivity index (χ0) is 11.3. The molecule has 4 heteroatoms. The van der Waals surface area contributed by atoms with E-state index in [4.69, 9.17) is 10.5 Å². The number of carbonyl (C=O) groups is 1. The first-order valence-electron chi connectivity index (χ1n) is 4.63. The normalized spacial score (nSPS) is 11.9. The van der Waals surface area contributed by atoms with Crippen LogP contribution in [-0.4, -0.2) is 20.2 Å². The maximum Gasteiger partial charge on any atom is 0.307 e. The van der Waals surface area contributed by atoms with E-state index in [1.165, 1.54) is 7.11 Å². The molecule has 0 amide bonds. The van der Waals surface area contributed by atoms with Crippen molar-refractivity contribution in [3.05, 3.63) is 29.8 Å². The summed E-state index contributed by atoms with van der Waals surface area (Å²) in [6.07, 6.45) is 0.170. The molecule has 0 aliphatic rings. The van der Waals surface area contributed by atoms with Gasteiger partial charge >= 0.3 is 5.97 Å². The fourth-order valence-corrected chi connectivity index (χ4v) is 1.25.